The van der Waals surface area contributed by atoms with Gasteiger partial charge in [0.2, 0.25) is 0 Å². The molecule has 4 unspecified atom stereocenters. The van der Waals surface area contributed by atoms with Crippen LogP contribution in [0.15, 0.2) is 12.2 Å². The molecule has 0 amide bonds. The molecule has 0 radical (unpaired) electrons. The van der Waals surface area contributed by atoms with Gasteiger partial charge in [-0.1, -0.05) is 52.7 Å². The summed E-state index contributed by atoms with van der Waals surface area (Å²) < 4.78 is 11.1. The second kappa shape index (κ2) is 8.86. The third-order valence-electron chi connectivity index (χ3n) is 6.36. The van der Waals surface area contributed by atoms with Crippen molar-refractivity contribution in [1.82, 2.24) is 0 Å². The van der Waals surface area contributed by atoms with Crippen molar-refractivity contribution in [3.63, 3.8) is 0 Å². The number of fused-ring (bicyclic) bond motifs is 2. The quantitative estimate of drug-likeness (QED) is 0.330. The number of hydrogen-bond acceptors (Lipinski definition) is 4. The van der Waals surface area contributed by atoms with Gasteiger partial charge in [-0.15, -0.1) is 0 Å². The summed E-state index contributed by atoms with van der Waals surface area (Å²) in [5.74, 6) is -1.03. The second-order valence-electron chi connectivity index (χ2n) is 7.47. The SMILES string of the molecule is CCCCOC(=O)C1C(C(=O)OCCCC)C2C=CC1C2(CC)CC. The van der Waals surface area contributed by atoms with Crippen LogP contribution < -0.4 is 0 Å². The van der Waals surface area contributed by atoms with E-state index in [9.17, 15) is 9.59 Å². The number of carbonyl (C=O) groups is 2. The summed E-state index contributed by atoms with van der Waals surface area (Å²) in [5.41, 5.74) is -0.0110. The highest BCUT2D eigenvalue weighted by Gasteiger charge is 2.64. The molecule has 2 rings (SSSR count). The Labute approximate surface area is 152 Å². The van der Waals surface area contributed by atoms with E-state index in [1.54, 1.807) is 0 Å². The highest BCUT2D eigenvalue weighted by molar-refractivity contribution is 5.85. The lowest BCUT2D eigenvalue weighted by Gasteiger charge is -2.33. The summed E-state index contributed by atoms with van der Waals surface area (Å²) in [6.07, 6.45) is 9.92. The van der Waals surface area contributed by atoms with E-state index in [2.05, 4.69) is 39.8 Å². The third kappa shape index (κ3) is 3.63. The fourth-order valence-electron chi connectivity index (χ4n) is 4.85. The fourth-order valence-corrected chi connectivity index (χ4v) is 4.85. The van der Waals surface area contributed by atoms with E-state index in [1.165, 1.54) is 0 Å². The molecule has 0 aromatic heterocycles. The molecule has 4 heteroatoms. The normalized spacial score (nSPS) is 29.0. The van der Waals surface area contributed by atoms with E-state index >= 15 is 0 Å². The molecule has 0 heterocycles. The first-order chi connectivity index (χ1) is 12.1. The Hall–Kier alpha value is -1.32. The lowest BCUT2D eigenvalue weighted by Crippen LogP contribution is -2.35. The molecule has 1 fully saturated rings. The van der Waals surface area contributed by atoms with Crippen molar-refractivity contribution in [1.29, 1.82) is 0 Å². The molecule has 4 nitrogen and oxygen atoms in total. The molecule has 2 aliphatic carbocycles. The Morgan fingerprint density at radius 1 is 0.800 bits per heavy atom. The van der Waals surface area contributed by atoms with E-state index in [1.807, 2.05) is 0 Å². The van der Waals surface area contributed by atoms with Gasteiger partial charge in [0.1, 0.15) is 0 Å². The molecule has 2 aliphatic rings. The van der Waals surface area contributed by atoms with Crippen LogP contribution >= 0.6 is 0 Å². The molecule has 0 N–H and O–H groups in total. The molecule has 142 valence electrons. The number of allylic oxidation sites excluding steroid dienone is 2. The Kier molecular flexibility index (Phi) is 7.09. The van der Waals surface area contributed by atoms with Crippen LogP contribution in [-0.2, 0) is 19.1 Å². The van der Waals surface area contributed by atoms with E-state index in [0.29, 0.717) is 13.2 Å². The minimum Gasteiger partial charge on any atom is -0.465 e. The summed E-state index contributed by atoms with van der Waals surface area (Å²) in [7, 11) is 0. The zero-order valence-corrected chi connectivity index (χ0v) is 16.3. The van der Waals surface area contributed by atoms with Crippen LogP contribution in [0, 0.1) is 29.1 Å². The van der Waals surface area contributed by atoms with Crippen LogP contribution in [0.3, 0.4) is 0 Å². The summed E-state index contributed by atoms with van der Waals surface area (Å²) in [6, 6.07) is 0. The van der Waals surface area contributed by atoms with Crippen molar-refractivity contribution >= 4 is 11.9 Å². The first-order valence-electron chi connectivity index (χ1n) is 10.1. The minimum atomic E-state index is -0.388. The van der Waals surface area contributed by atoms with Gasteiger partial charge in [0.15, 0.2) is 0 Å². The Morgan fingerprint density at radius 3 is 1.52 bits per heavy atom. The van der Waals surface area contributed by atoms with Crippen LogP contribution in [0.5, 0.6) is 0 Å². The highest BCUT2D eigenvalue weighted by Crippen LogP contribution is 2.63. The Balaban J connectivity index is 2.21. The molecule has 0 aliphatic heterocycles. The molecule has 2 bridgehead atoms. The first kappa shape index (κ1) is 20.0. The minimum absolute atomic E-state index is 0.0110. The second-order valence-corrected chi connectivity index (χ2v) is 7.47. The van der Waals surface area contributed by atoms with Crippen LogP contribution in [0.25, 0.3) is 0 Å². The summed E-state index contributed by atoms with van der Waals surface area (Å²) in [4.78, 5) is 25.6. The standard InChI is InChI=1S/C21H34O4/c1-5-9-13-24-19(22)17-15-11-12-16(21(15,7-3)8-4)18(17)20(23)25-14-10-6-2/h11-12,15-18H,5-10,13-14H2,1-4H3. The summed E-state index contributed by atoms with van der Waals surface area (Å²) in [5, 5.41) is 0. The maximum Gasteiger partial charge on any atom is 0.310 e. The number of ether oxygens (including phenoxy) is 2. The van der Waals surface area contributed by atoms with Crippen molar-refractivity contribution < 1.29 is 19.1 Å². The summed E-state index contributed by atoms with van der Waals surface area (Å²) in [6.45, 7) is 9.36. The van der Waals surface area contributed by atoms with E-state index in [-0.39, 0.29) is 41.0 Å². The number of hydrogen-bond donors (Lipinski definition) is 0. The van der Waals surface area contributed by atoms with E-state index in [0.717, 1.165) is 38.5 Å². The van der Waals surface area contributed by atoms with Crippen molar-refractivity contribution in [2.24, 2.45) is 29.1 Å². The zero-order chi connectivity index (χ0) is 18.4. The lowest BCUT2D eigenvalue weighted by molar-refractivity contribution is -0.161. The highest BCUT2D eigenvalue weighted by atomic mass is 16.5. The Bertz CT molecular complexity index is 452. The van der Waals surface area contributed by atoms with Crippen molar-refractivity contribution in [2.75, 3.05) is 13.2 Å². The average Bonchev–Trinajstić information content (AvgIpc) is 3.12. The number of rotatable bonds is 10. The molecular formula is C21H34O4. The van der Waals surface area contributed by atoms with Gasteiger partial charge < -0.3 is 9.47 Å². The average molecular weight is 350 g/mol. The maximum absolute atomic E-state index is 12.8. The van der Waals surface area contributed by atoms with Gasteiger partial charge in [0.05, 0.1) is 25.0 Å². The predicted octanol–water partition coefficient (Wildman–Crippen LogP) is 4.53. The van der Waals surface area contributed by atoms with Crippen LogP contribution in [0.1, 0.15) is 66.2 Å². The smallest absolute Gasteiger partial charge is 0.310 e. The van der Waals surface area contributed by atoms with E-state index < -0.39 is 0 Å². The largest absolute Gasteiger partial charge is 0.465 e. The molecule has 0 spiro atoms. The van der Waals surface area contributed by atoms with Gasteiger partial charge in [-0.25, -0.2) is 0 Å². The molecule has 25 heavy (non-hydrogen) atoms. The molecule has 0 saturated heterocycles. The number of carbonyl (C=O) groups excluding carboxylic acids is 2. The van der Waals surface area contributed by atoms with Gasteiger partial charge in [-0.2, -0.15) is 0 Å². The van der Waals surface area contributed by atoms with Gasteiger partial charge in [-0.3, -0.25) is 9.59 Å². The summed E-state index contributed by atoms with van der Waals surface area (Å²) >= 11 is 0. The first-order valence-corrected chi connectivity index (χ1v) is 10.1. The van der Waals surface area contributed by atoms with Crippen molar-refractivity contribution in [3.8, 4) is 0 Å². The lowest BCUT2D eigenvalue weighted by atomic mass is 9.71. The van der Waals surface area contributed by atoms with E-state index in [4.69, 9.17) is 9.47 Å². The van der Waals surface area contributed by atoms with Gasteiger partial charge in [-0.05, 0) is 42.9 Å². The van der Waals surface area contributed by atoms with Crippen LogP contribution in [-0.4, -0.2) is 25.2 Å². The van der Waals surface area contributed by atoms with Crippen molar-refractivity contribution in [2.45, 2.75) is 66.2 Å². The monoisotopic (exact) mass is 350 g/mol. The molecule has 0 aromatic carbocycles. The van der Waals surface area contributed by atoms with Gasteiger partial charge in [0, 0.05) is 0 Å². The number of unbranched alkanes of at least 4 members (excludes halogenated alkanes) is 2. The van der Waals surface area contributed by atoms with Crippen LogP contribution in [0.2, 0.25) is 0 Å². The maximum atomic E-state index is 12.8. The zero-order valence-electron chi connectivity index (χ0n) is 16.3. The predicted molar refractivity (Wildman–Crippen MR) is 97.8 cm³/mol. The third-order valence-corrected chi connectivity index (χ3v) is 6.36. The van der Waals surface area contributed by atoms with Crippen molar-refractivity contribution in [3.05, 3.63) is 12.2 Å². The fraction of sp³-hybridized carbons (Fsp3) is 0.810. The Morgan fingerprint density at radius 2 is 1.20 bits per heavy atom. The number of esters is 2. The molecule has 4 atom stereocenters. The van der Waals surface area contributed by atoms with Crippen LogP contribution in [0.4, 0.5) is 0 Å². The topological polar surface area (TPSA) is 52.6 Å². The van der Waals surface area contributed by atoms with Gasteiger partial charge >= 0.3 is 11.9 Å². The molecular weight excluding hydrogens is 316 g/mol. The molecule has 0 aromatic rings. The molecule has 1 saturated carbocycles. The van der Waals surface area contributed by atoms with Gasteiger partial charge in [0.25, 0.3) is 0 Å².